The molecule has 0 radical (unpaired) electrons. The largest absolute Gasteiger partial charge is 0.480 e. The second kappa shape index (κ2) is 5.53. The summed E-state index contributed by atoms with van der Waals surface area (Å²) in [7, 11) is -4.20. The summed E-state index contributed by atoms with van der Waals surface area (Å²) in [6, 6.07) is 4.72. The Kier molecular flexibility index (Phi) is 4.31. The van der Waals surface area contributed by atoms with E-state index in [1.54, 1.807) is 4.83 Å². The summed E-state index contributed by atoms with van der Waals surface area (Å²) in [6.07, 6.45) is 0. The first-order valence-corrected chi connectivity index (χ1v) is 6.03. The smallest absolute Gasteiger partial charge is 0.318 e. The van der Waals surface area contributed by atoms with E-state index in [-0.39, 0.29) is 0 Å². The van der Waals surface area contributed by atoms with Crippen LogP contribution in [-0.4, -0.2) is 31.0 Å². The molecule has 0 aromatic heterocycles. The number of carboxylic acid groups (broad SMARTS) is 1. The number of rotatable bonds is 6. The van der Waals surface area contributed by atoms with Gasteiger partial charge in [-0.3, -0.25) is 14.9 Å². The van der Waals surface area contributed by atoms with Crippen molar-refractivity contribution in [2.24, 2.45) is 0 Å². The molecule has 98 valence electrons. The number of carboxylic acids is 1. The minimum absolute atomic E-state index is 0.548. The van der Waals surface area contributed by atoms with Gasteiger partial charge in [0, 0.05) is 6.07 Å². The van der Waals surface area contributed by atoms with Crippen LogP contribution >= 0.6 is 0 Å². The molecule has 9 nitrogen and oxygen atoms in total. The lowest BCUT2D eigenvalue weighted by molar-refractivity contribution is -0.387. The van der Waals surface area contributed by atoms with Gasteiger partial charge in [0.25, 0.3) is 15.7 Å². The molecule has 0 aliphatic carbocycles. The predicted molar refractivity (Wildman–Crippen MR) is 59.1 cm³/mol. The number of para-hydroxylation sites is 1. The van der Waals surface area contributed by atoms with Gasteiger partial charge >= 0.3 is 5.97 Å². The quantitative estimate of drug-likeness (QED) is 0.468. The van der Waals surface area contributed by atoms with Gasteiger partial charge in [0.05, 0.1) is 4.92 Å². The Balaban J connectivity index is 2.98. The first kappa shape index (κ1) is 14.0. The Morgan fingerprint density at radius 1 is 1.39 bits per heavy atom. The average Bonchev–Trinajstić information content (AvgIpc) is 2.28. The zero-order valence-electron chi connectivity index (χ0n) is 8.86. The monoisotopic (exact) mass is 275 g/mol. The Morgan fingerprint density at radius 2 is 2.00 bits per heavy atom. The van der Waals surface area contributed by atoms with Gasteiger partial charge in [-0.25, -0.2) is 13.8 Å². The topological polar surface area (TPSA) is 139 Å². The molecule has 0 saturated carbocycles. The van der Waals surface area contributed by atoms with Crippen LogP contribution in [-0.2, 0) is 14.8 Å². The van der Waals surface area contributed by atoms with Crippen LogP contribution in [0.25, 0.3) is 0 Å². The van der Waals surface area contributed by atoms with Gasteiger partial charge in [0.1, 0.15) is 6.54 Å². The summed E-state index contributed by atoms with van der Waals surface area (Å²) in [5.74, 6) is -1.28. The van der Waals surface area contributed by atoms with Gasteiger partial charge in [-0.05, 0) is 6.07 Å². The summed E-state index contributed by atoms with van der Waals surface area (Å²) in [5, 5.41) is 19.0. The van der Waals surface area contributed by atoms with E-state index in [0.717, 1.165) is 12.1 Å². The molecule has 0 spiro atoms. The third-order valence-electron chi connectivity index (χ3n) is 1.80. The van der Waals surface area contributed by atoms with Gasteiger partial charge in [-0.15, -0.1) is 4.83 Å². The normalized spacial score (nSPS) is 11.1. The fourth-order valence-electron chi connectivity index (χ4n) is 1.10. The molecule has 0 heterocycles. The molecule has 1 rings (SSSR count). The van der Waals surface area contributed by atoms with Crippen molar-refractivity contribution in [3.8, 4) is 0 Å². The van der Waals surface area contributed by atoms with Gasteiger partial charge in [-0.2, -0.15) is 0 Å². The molecule has 0 saturated heterocycles. The number of hydrogen-bond acceptors (Lipinski definition) is 6. The van der Waals surface area contributed by atoms with Crippen LogP contribution in [0.5, 0.6) is 0 Å². The second-order valence-corrected chi connectivity index (χ2v) is 4.73. The maximum Gasteiger partial charge on any atom is 0.318 e. The van der Waals surface area contributed by atoms with Crippen molar-refractivity contribution in [2.75, 3.05) is 6.54 Å². The first-order valence-electron chi connectivity index (χ1n) is 4.54. The lowest BCUT2D eigenvalue weighted by atomic mass is 10.3. The lowest BCUT2D eigenvalue weighted by Gasteiger charge is -2.06. The van der Waals surface area contributed by atoms with E-state index in [9.17, 15) is 23.3 Å². The van der Waals surface area contributed by atoms with Crippen molar-refractivity contribution in [3.63, 3.8) is 0 Å². The van der Waals surface area contributed by atoms with Crippen molar-refractivity contribution >= 4 is 21.7 Å². The average molecular weight is 275 g/mol. The molecule has 0 fully saturated rings. The highest BCUT2D eigenvalue weighted by Gasteiger charge is 2.24. The summed E-state index contributed by atoms with van der Waals surface area (Å²) >= 11 is 0. The number of sulfonamides is 1. The molecule has 0 amide bonds. The van der Waals surface area contributed by atoms with E-state index in [1.165, 1.54) is 12.1 Å². The minimum atomic E-state index is -4.20. The molecular formula is C8H9N3O6S. The fourth-order valence-corrected chi connectivity index (χ4v) is 2.14. The maximum absolute atomic E-state index is 11.7. The Labute approximate surface area is 102 Å². The number of aliphatic carboxylic acids is 1. The van der Waals surface area contributed by atoms with E-state index >= 15 is 0 Å². The third kappa shape index (κ3) is 3.48. The third-order valence-corrected chi connectivity index (χ3v) is 3.13. The second-order valence-electron chi connectivity index (χ2n) is 3.08. The maximum atomic E-state index is 11.7. The highest BCUT2D eigenvalue weighted by atomic mass is 32.2. The first-order chi connectivity index (χ1) is 8.34. The van der Waals surface area contributed by atoms with E-state index in [4.69, 9.17) is 5.11 Å². The van der Waals surface area contributed by atoms with Crippen molar-refractivity contribution in [1.82, 2.24) is 10.3 Å². The molecule has 3 N–H and O–H groups in total. The fraction of sp³-hybridized carbons (Fsp3) is 0.125. The minimum Gasteiger partial charge on any atom is -0.480 e. The van der Waals surface area contributed by atoms with Crippen molar-refractivity contribution in [3.05, 3.63) is 34.4 Å². The van der Waals surface area contributed by atoms with E-state index in [0.29, 0.717) is 0 Å². The van der Waals surface area contributed by atoms with Crippen LogP contribution < -0.4 is 10.3 Å². The Hall–Kier alpha value is -2.04. The SMILES string of the molecule is O=C(O)CNNS(=O)(=O)c1ccccc1[N+](=O)[O-]. The molecule has 10 heteroatoms. The highest BCUT2D eigenvalue weighted by molar-refractivity contribution is 7.89. The van der Waals surface area contributed by atoms with Crippen molar-refractivity contribution < 1.29 is 23.2 Å². The Bertz CT molecular complexity index is 570. The number of nitro benzene ring substituents is 1. The van der Waals surface area contributed by atoms with Crippen LogP contribution in [0.2, 0.25) is 0 Å². The van der Waals surface area contributed by atoms with E-state index in [2.05, 4.69) is 0 Å². The molecule has 0 atom stereocenters. The number of nitro groups is 1. The summed E-state index contributed by atoms with van der Waals surface area (Å²) in [4.78, 5) is 21.2. The van der Waals surface area contributed by atoms with Gasteiger partial charge in [0.2, 0.25) is 0 Å². The van der Waals surface area contributed by atoms with Crippen LogP contribution in [0.3, 0.4) is 0 Å². The number of hydrazine groups is 1. The number of nitrogens with zero attached hydrogens (tertiary/aromatic N) is 1. The van der Waals surface area contributed by atoms with Crippen molar-refractivity contribution in [1.29, 1.82) is 0 Å². The standard InChI is InChI=1S/C8H9N3O6S/c12-8(13)5-9-10-18(16,17)7-4-2-1-3-6(7)11(14)15/h1-4,9-10H,5H2,(H,12,13). The van der Waals surface area contributed by atoms with Gasteiger partial charge in [0.15, 0.2) is 4.90 Å². The number of nitrogens with one attached hydrogen (secondary N) is 2. The number of hydrogen-bond donors (Lipinski definition) is 3. The van der Waals surface area contributed by atoms with Crippen LogP contribution in [0.15, 0.2) is 29.2 Å². The zero-order valence-corrected chi connectivity index (χ0v) is 9.68. The van der Waals surface area contributed by atoms with Gasteiger partial charge < -0.3 is 5.11 Å². The van der Waals surface area contributed by atoms with Crippen LogP contribution in [0.4, 0.5) is 5.69 Å². The molecule has 1 aromatic rings. The van der Waals surface area contributed by atoms with Crippen LogP contribution in [0.1, 0.15) is 0 Å². The highest BCUT2D eigenvalue weighted by Crippen LogP contribution is 2.21. The van der Waals surface area contributed by atoms with Crippen molar-refractivity contribution in [2.45, 2.75) is 4.90 Å². The van der Waals surface area contributed by atoms with Gasteiger partial charge in [-0.1, -0.05) is 12.1 Å². The summed E-state index contributed by atoms with van der Waals surface area (Å²) < 4.78 is 23.3. The molecule has 0 unspecified atom stereocenters. The lowest BCUT2D eigenvalue weighted by Crippen LogP contribution is -2.40. The van der Waals surface area contributed by atoms with E-state index < -0.39 is 38.0 Å². The predicted octanol–water partition coefficient (Wildman–Crippen LogP) is -0.538. The van der Waals surface area contributed by atoms with Crippen LogP contribution in [0, 0.1) is 10.1 Å². The molecule has 18 heavy (non-hydrogen) atoms. The molecule has 0 aliphatic rings. The van der Waals surface area contributed by atoms with E-state index in [1.807, 2.05) is 5.43 Å². The summed E-state index contributed by atoms with van der Waals surface area (Å²) in [6.45, 7) is -0.653. The molecule has 0 bridgehead atoms. The Morgan fingerprint density at radius 3 is 2.56 bits per heavy atom. The molecule has 1 aromatic carbocycles. The molecule has 0 aliphatic heterocycles. The number of carbonyl (C=O) groups is 1. The number of benzene rings is 1. The molecular weight excluding hydrogens is 266 g/mol. The zero-order chi connectivity index (χ0) is 13.8. The summed E-state index contributed by atoms with van der Waals surface area (Å²) in [5.41, 5.74) is 1.33.